The molecule has 0 aromatic heterocycles. The van der Waals surface area contributed by atoms with Crippen LogP contribution < -0.4 is 0 Å². The minimum Gasteiger partial charge on any atom is -0.387 e. The Labute approximate surface area is 82.7 Å². The summed E-state index contributed by atoms with van der Waals surface area (Å²) >= 11 is 0. The fraction of sp³-hybridized carbons (Fsp3) is 1.00. The van der Waals surface area contributed by atoms with Crippen LogP contribution in [0.4, 0.5) is 0 Å². The molecule has 1 aliphatic rings. The molecule has 0 bridgehead atoms. The van der Waals surface area contributed by atoms with E-state index in [1.165, 1.54) is 0 Å². The van der Waals surface area contributed by atoms with Crippen molar-refractivity contribution in [2.45, 2.75) is 35.7 Å². The fourth-order valence-corrected chi connectivity index (χ4v) is 1.33. The van der Waals surface area contributed by atoms with Gasteiger partial charge in [0, 0.05) is 0 Å². The highest BCUT2D eigenvalue weighted by Gasteiger charge is 2.74. The lowest BCUT2D eigenvalue weighted by atomic mass is 9.77. The predicted octanol–water partition coefficient (Wildman–Crippen LogP) is -5.87. The van der Waals surface area contributed by atoms with E-state index < -0.39 is 35.7 Å². The van der Waals surface area contributed by atoms with Crippen molar-refractivity contribution in [1.82, 2.24) is 0 Å². The van der Waals surface area contributed by atoms with Crippen LogP contribution >= 0.6 is 0 Å². The van der Waals surface area contributed by atoms with Crippen LogP contribution in [0, 0.1) is 0 Å². The predicted molar refractivity (Wildman–Crippen MR) is 39.5 cm³/mol. The maximum Gasteiger partial charge on any atom is 0.279 e. The molecule has 3 atom stereocenters. The lowest BCUT2D eigenvalue weighted by Gasteiger charge is -2.52. The Morgan fingerprint density at radius 1 is 0.600 bits per heavy atom. The monoisotopic (exact) mass is 228 g/mol. The van der Waals surface area contributed by atoms with Gasteiger partial charge in [0.25, 0.3) is 17.4 Å². The van der Waals surface area contributed by atoms with E-state index in [0.29, 0.717) is 0 Å². The molecule has 0 heterocycles. The highest BCUT2D eigenvalue weighted by atomic mass is 16.7. The molecule has 9 heteroatoms. The zero-order valence-electron chi connectivity index (χ0n) is 7.26. The van der Waals surface area contributed by atoms with Crippen LogP contribution in [0.25, 0.3) is 0 Å². The van der Waals surface area contributed by atoms with Gasteiger partial charge in [-0.25, -0.2) is 0 Å². The summed E-state index contributed by atoms with van der Waals surface area (Å²) in [5.41, 5.74) is 0. The van der Waals surface area contributed by atoms with E-state index >= 15 is 0 Å². The van der Waals surface area contributed by atoms with Crippen LogP contribution in [-0.4, -0.2) is 81.6 Å². The second-order valence-electron chi connectivity index (χ2n) is 3.50. The first-order chi connectivity index (χ1) is 6.48. The third kappa shape index (κ3) is 1.30. The third-order valence-corrected chi connectivity index (χ3v) is 2.50. The van der Waals surface area contributed by atoms with E-state index in [2.05, 4.69) is 0 Å². The maximum absolute atomic E-state index is 9.01. The van der Waals surface area contributed by atoms with E-state index in [4.69, 9.17) is 46.0 Å². The number of hydrogen-bond donors (Lipinski definition) is 9. The van der Waals surface area contributed by atoms with Gasteiger partial charge in [-0.15, -0.1) is 0 Å². The molecule has 15 heavy (non-hydrogen) atoms. The van der Waals surface area contributed by atoms with Crippen LogP contribution in [0.3, 0.4) is 0 Å². The molecule has 1 fully saturated rings. The molecule has 0 amide bonds. The lowest BCUT2D eigenvalue weighted by molar-refractivity contribution is -0.508. The molecule has 0 aliphatic heterocycles. The Balaban J connectivity index is 3.27. The molecular formula is C6H12O9. The van der Waals surface area contributed by atoms with Crippen LogP contribution in [0.1, 0.15) is 0 Å². The first-order valence-electron chi connectivity index (χ1n) is 3.86. The van der Waals surface area contributed by atoms with E-state index in [9.17, 15) is 0 Å². The minimum absolute atomic E-state index is 2.39. The summed E-state index contributed by atoms with van der Waals surface area (Å²) in [6.45, 7) is 0. The average Bonchev–Trinajstić information content (AvgIpc) is 2.12. The van der Waals surface area contributed by atoms with Crippen LogP contribution in [0.5, 0.6) is 0 Å². The van der Waals surface area contributed by atoms with E-state index in [1.54, 1.807) is 0 Å². The fourth-order valence-electron chi connectivity index (χ4n) is 1.33. The van der Waals surface area contributed by atoms with Crippen molar-refractivity contribution in [3.63, 3.8) is 0 Å². The first-order valence-corrected chi connectivity index (χ1v) is 3.86. The number of hydrogen-bond acceptors (Lipinski definition) is 9. The summed E-state index contributed by atoms with van der Waals surface area (Å²) in [6, 6.07) is 0. The third-order valence-electron chi connectivity index (χ3n) is 2.50. The minimum atomic E-state index is -4.04. The highest BCUT2D eigenvalue weighted by molar-refractivity contribution is 5.10. The molecule has 1 aliphatic carbocycles. The molecule has 0 unspecified atom stereocenters. The van der Waals surface area contributed by atoms with Crippen molar-refractivity contribution in [1.29, 1.82) is 0 Å². The summed E-state index contributed by atoms with van der Waals surface area (Å²) in [5.74, 6) is -11.7. The number of aliphatic hydroxyl groups excluding tert-OH is 3. The Kier molecular flexibility index (Phi) is 2.60. The highest BCUT2D eigenvalue weighted by Crippen LogP contribution is 2.39. The molecule has 0 radical (unpaired) electrons. The normalized spacial score (nSPS) is 42.6. The van der Waals surface area contributed by atoms with Gasteiger partial charge in [0.2, 0.25) is 0 Å². The van der Waals surface area contributed by atoms with Gasteiger partial charge >= 0.3 is 0 Å². The molecule has 1 saturated carbocycles. The molecule has 90 valence electrons. The van der Waals surface area contributed by atoms with E-state index in [-0.39, 0.29) is 0 Å². The van der Waals surface area contributed by atoms with Crippen LogP contribution in [-0.2, 0) is 0 Å². The second kappa shape index (κ2) is 3.07. The molecular weight excluding hydrogens is 216 g/mol. The van der Waals surface area contributed by atoms with Gasteiger partial charge in [-0.2, -0.15) is 0 Å². The second-order valence-corrected chi connectivity index (χ2v) is 3.50. The summed E-state index contributed by atoms with van der Waals surface area (Å²) in [6.07, 6.45) is -7.59. The van der Waals surface area contributed by atoms with Gasteiger partial charge in [0.1, 0.15) is 18.3 Å². The van der Waals surface area contributed by atoms with Crippen molar-refractivity contribution in [3.05, 3.63) is 0 Å². The Morgan fingerprint density at radius 3 is 1.13 bits per heavy atom. The van der Waals surface area contributed by atoms with Gasteiger partial charge in [-0.1, -0.05) is 0 Å². The first kappa shape index (κ1) is 12.7. The summed E-state index contributed by atoms with van der Waals surface area (Å²) < 4.78 is 0. The van der Waals surface area contributed by atoms with Crippen molar-refractivity contribution < 1.29 is 46.0 Å². The zero-order valence-corrected chi connectivity index (χ0v) is 7.26. The lowest BCUT2D eigenvalue weighted by Crippen LogP contribution is -2.83. The van der Waals surface area contributed by atoms with Gasteiger partial charge < -0.3 is 46.0 Å². The molecule has 0 aromatic carbocycles. The topological polar surface area (TPSA) is 182 Å². The number of rotatable bonds is 0. The SMILES string of the molecule is O[C@@H]1[C@@H](O)C(O)(O)C(O)(O)C(O)(O)[C@H]1O. The molecule has 9 N–H and O–H groups in total. The summed E-state index contributed by atoms with van der Waals surface area (Å²) in [4.78, 5) is 0. The molecule has 1 rings (SSSR count). The Bertz CT molecular complexity index is 235. The molecule has 0 spiro atoms. The van der Waals surface area contributed by atoms with Gasteiger partial charge in [-0.3, -0.25) is 0 Å². The van der Waals surface area contributed by atoms with Crippen LogP contribution in [0.15, 0.2) is 0 Å². The number of aliphatic hydroxyl groups is 9. The zero-order chi connectivity index (χ0) is 12.2. The smallest absolute Gasteiger partial charge is 0.279 e. The summed E-state index contributed by atoms with van der Waals surface area (Å²) in [7, 11) is 0. The van der Waals surface area contributed by atoms with Crippen LogP contribution in [0.2, 0.25) is 0 Å². The van der Waals surface area contributed by atoms with Crippen molar-refractivity contribution in [2.75, 3.05) is 0 Å². The molecule has 9 nitrogen and oxygen atoms in total. The molecule has 0 aromatic rings. The van der Waals surface area contributed by atoms with Crippen molar-refractivity contribution in [3.8, 4) is 0 Å². The summed E-state index contributed by atoms with van der Waals surface area (Å²) in [5, 5.41) is 81.0. The quantitative estimate of drug-likeness (QED) is 0.182. The van der Waals surface area contributed by atoms with E-state index in [0.717, 1.165) is 0 Å². The standard InChI is InChI=1S/C6H12O9/c7-1-2(8)4(10,11)6(14,15)5(12,13)3(1)9/h1-3,7-15H/t1-,2-,3+. The van der Waals surface area contributed by atoms with Gasteiger partial charge in [0.05, 0.1) is 0 Å². The van der Waals surface area contributed by atoms with Crippen molar-refractivity contribution in [2.24, 2.45) is 0 Å². The Morgan fingerprint density at radius 2 is 0.867 bits per heavy atom. The largest absolute Gasteiger partial charge is 0.387 e. The van der Waals surface area contributed by atoms with Gasteiger partial charge in [0.15, 0.2) is 0 Å². The van der Waals surface area contributed by atoms with E-state index in [1.807, 2.05) is 0 Å². The average molecular weight is 228 g/mol. The van der Waals surface area contributed by atoms with Crippen molar-refractivity contribution >= 4 is 0 Å². The van der Waals surface area contributed by atoms with Gasteiger partial charge in [-0.05, 0) is 0 Å². The molecule has 0 saturated heterocycles. The Hall–Kier alpha value is -0.360. The maximum atomic E-state index is 9.01.